The van der Waals surface area contributed by atoms with Crippen molar-refractivity contribution in [3.63, 3.8) is 0 Å². The van der Waals surface area contributed by atoms with Gasteiger partial charge in [0, 0.05) is 15.7 Å². The van der Waals surface area contributed by atoms with E-state index < -0.39 is 5.76 Å². The molecule has 2 heterocycles. The number of hydrogen-bond acceptors (Lipinski definition) is 4. The van der Waals surface area contributed by atoms with Crippen LogP contribution in [-0.2, 0) is 11.3 Å². The van der Waals surface area contributed by atoms with Gasteiger partial charge in [0.05, 0.1) is 11.6 Å². The lowest BCUT2D eigenvalue weighted by atomic mass is 10.0. The SMILES string of the molecule is O=C(Cn1c(=O)oc2ccccc21)N[C@H]1CCSc2ccc(Cl)cc21. The first-order valence-electron chi connectivity index (χ1n) is 7.92. The Bertz CT molecular complexity index is 1010. The van der Waals surface area contributed by atoms with Crippen LogP contribution in [0.4, 0.5) is 0 Å². The summed E-state index contributed by atoms with van der Waals surface area (Å²) in [6.45, 7) is -0.0740. The van der Waals surface area contributed by atoms with E-state index >= 15 is 0 Å². The van der Waals surface area contributed by atoms with E-state index in [0.717, 1.165) is 22.6 Å². The minimum atomic E-state index is -0.529. The van der Waals surface area contributed by atoms with Gasteiger partial charge in [0.1, 0.15) is 6.54 Å². The maximum Gasteiger partial charge on any atom is 0.420 e. The van der Waals surface area contributed by atoms with Gasteiger partial charge in [0.2, 0.25) is 5.91 Å². The monoisotopic (exact) mass is 374 g/mol. The third-order valence-corrected chi connectivity index (χ3v) is 5.58. The molecule has 1 aromatic heterocycles. The molecule has 3 aromatic rings. The molecule has 0 unspecified atom stereocenters. The first kappa shape index (κ1) is 16.3. The van der Waals surface area contributed by atoms with Gasteiger partial charge in [-0.05, 0) is 42.3 Å². The Kier molecular flexibility index (Phi) is 4.31. The second kappa shape index (κ2) is 6.61. The molecule has 1 N–H and O–H groups in total. The predicted molar refractivity (Wildman–Crippen MR) is 98.2 cm³/mol. The van der Waals surface area contributed by atoms with Crippen LogP contribution in [0.15, 0.2) is 56.6 Å². The van der Waals surface area contributed by atoms with Gasteiger partial charge in [-0.15, -0.1) is 11.8 Å². The maximum atomic E-state index is 12.5. The average Bonchev–Trinajstić information content (AvgIpc) is 2.91. The molecule has 0 spiro atoms. The molecule has 2 aromatic carbocycles. The Morgan fingerprint density at radius 2 is 2.16 bits per heavy atom. The van der Waals surface area contributed by atoms with Crippen molar-refractivity contribution >= 4 is 40.4 Å². The molecule has 1 aliphatic heterocycles. The van der Waals surface area contributed by atoms with E-state index in [2.05, 4.69) is 5.32 Å². The fraction of sp³-hybridized carbons (Fsp3) is 0.222. The third kappa shape index (κ3) is 3.19. The van der Waals surface area contributed by atoms with Crippen LogP contribution < -0.4 is 11.1 Å². The summed E-state index contributed by atoms with van der Waals surface area (Å²) in [5, 5.41) is 3.67. The Hall–Kier alpha value is -2.18. The summed E-state index contributed by atoms with van der Waals surface area (Å²) in [6.07, 6.45) is 0.824. The van der Waals surface area contributed by atoms with E-state index in [0.29, 0.717) is 16.1 Å². The normalized spacial score (nSPS) is 16.6. The Balaban J connectivity index is 1.56. The predicted octanol–water partition coefficient (Wildman–Crippen LogP) is 3.60. The number of oxazole rings is 1. The van der Waals surface area contributed by atoms with Crippen molar-refractivity contribution in [3.05, 3.63) is 63.6 Å². The molecule has 1 aliphatic rings. The smallest absolute Gasteiger partial charge is 0.408 e. The first-order chi connectivity index (χ1) is 12.1. The van der Waals surface area contributed by atoms with Crippen LogP contribution in [0.5, 0.6) is 0 Å². The lowest BCUT2D eigenvalue weighted by molar-refractivity contribution is -0.122. The molecule has 1 atom stereocenters. The zero-order valence-corrected chi connectivity index (χ0v) is 14.8. The molecule has 0 saturated heterocycles. The van der Waals surface area contributed by atoms with Gasteiger partial charge >= 0.3 is 5.76 Å². The Labute approximate surface area is 153 Å². The number of rotatable bonds is 3. The highest BCUT2D eigenvalue weighted by atomic mass is 35.5. The second-order valence-electron chi connectivity index (χ2n) is 5.86. The molecule has 0 fully saturated rings. The van der Waals surface area contributed by atoms with Gasteiger partial charge in [0.25, 0.3) is 0 Å². The van der Waals surface area contributed by atoms with Gasteiger partial charge in [0.15, 0.2) is 5.58 Å². The minimum absolute atomic E-state index is 0.0740. The molecule has 25 heavy (non-hydrogen) atoms. The van der Waals surface area contributed by atoms with Crippen molar-refractivity contribution in [1.29, 1.82) is 0 Å². The number of carbonyl (C=O) groups excluding carboxylic acids is 1. The number of halogens is 1. The number of carbonyl (C=O) groups is 1. The van der Waals surface area contributed by atoms with Crippen molar-refractivity contribution < 1.29 is 9.21 Å². The summed E-state index contributed by atoms with van der Waals surface area (Å²) in [5.41, 5.74) is 2.12. The average molecular weight is 375 g/mol. The molecule has 4 rings (SSSR count). The highest BCUT2D eigenvalue weighted by Gasteiger charge is 2.23. The number of nitrogens with zero attached hydrogens (tertiary/aromatic N) is 1. The topological polar surface area (TPSA) is 64.2 Å². The van der Waals surface area contributed by atoms with Crippen molar-refractivity contribution in [2.75, 3.05) is 5.75 Å². The van der Waals surface area contributed by atoms with Gasteiger partial charge in [-0.25, -0.2) is 4.79 Å². The van der Waals surface area contributed by atoms with Crippen LogP contribution in [0.2, 0.25) is 5.02 Å². The van der Waals surface area contributed by atoms with Crippen LogP contribution in [0, 0.1) is 0 Å². The molecule has 5 nitrogen and oxygen atoms in total. The van der Waals surface area contributed by atoms with E-state index in [1.165, 1.54) is 4.57 Å². The largest absolute Gasteiger partial charge is 0.420 e. The molecule has 128 valence electrons. The molecule has 1 amide bonds. The highest BCUT2D eigenvalue weighted by molar-refractivity contribution is 7.99. The van der Waals surface area contributed by atoms with Crippen LogP contribution >= 0.6 is 23.4 Å². The number of para-hydroxylation sites is 2. The van der Waals surface area contributed by atoms with Crippen LogP contribution in [0.25, 0.3) is 11.1 Å². The van der Waals surface area contributed by atoms with Gasteiger partial charge < -0.3 is 9.73 Å². The van der Waals surface area contributed by atoms with Gasteiger partial charge in [-0.1, -0.05) is 23.7 Å². The molecule has 7 heteroatoms. The Morgan fingerprint density at radius 1 is 1.32 bits per heavy atom. The molecule has 0 aliphatic carbocycles. The van der Waals surface area contributed by atoms with Crippen molar-refractivity contribution in [3.8, 4) is 0 Å². The zero-order valence-electron chi connectivity index (χ0n) is 13.2. The minimum Gasteiger partial charge on any atom is -0.408 e. The van der Waals surface area contributed by atoms with Crippen LogP contribution in [-0.4, -0.2) is 16.2 Å². The van der Waals surface area contributed by atoms with E-state index in [4.69, 9.17) is 16.0 Å². The first-order valence-corrected chi connectivity index (χ1v) is 9.28. The summed E-state index contributed by atoms with van der Waals surface area (Å²) in [7, 11) is 0. The quantitative estimate of drug-likeness (QED) is 0.760. The fourth-order valence-electron chi connectivity index (χ4n) is 3.06. The number of nitrogens with one attached hydrogen (secondary N) is 1. The summed E-state index contributed by atoms with van der Waals surface area (Å²) >= 11 is 7.86. The van der Waals surface area contributed by atoms with Crippen LogP contribution in [0.1, 0.15) is 18.0 Å². The number of aromatic nitrogens is 1. The molecular formula is C18H15ClN2O3S. The van der Waals surface area contributed by atoms with E-state index in [-0.39, 0.29) is 18.5 Å². The highest BCUT2D eigenvalue weighted by Crippen LogP contribution is 2.37. The number of thioether (sulfide) groups is 1. The van der Waals surface area contributed by atoms with Gasteiger partial charge in [-0.2, -0.15) is 0 Å². The summed E-state index contributed by atoms with van der Waals surface area (Å²) < 4.78 is 6.52. The standard InChI is InChI=1S/C18H15ClN2O3S/c19-11-5-6-16-12(9-11)13(7-8-25-16)20-17(22)10-21-14-3-1-2-4-15(14)24-18(21)23/h1-6,9,13H,7-8,10H2,(H,20,22)/t13-/m0/s1. The number of fused-ring (bicyclic) bond motifs is 2. The number of amides is 1. The summed E-state index contributed by atoms with van der Waals surface area (Å²) in [6, 6.07) is 12.7. The maximum absolute atomic E-state index is 12.5. The molecular weight excluding hydrogens is 360 g/mol. The summed E-state index contributed by atoms with van der Waals surface area (Å²) in [5.74, 6) is 0.171. The molecule has 0 saturated carbocycles. The van der Waals surface area contributed by atoms with Crippen molar-refractivity contribution in [1.82, 2.24) is 9.88 Å². The van der Waals surface area contributed by atoms with Crippen molar-refractivity contribution in [2.24, 2.45) is 0 Å². The zero-order chi connectivity index (χ0) is 17.4. The molecule has 0 radical (unpaired) electrons. The number of benzene rings is 2. The van der Waals surface area contributed by atoms with Crippen molar-refractivity contribution in [2.45, 2.75) is 23.9 Å². The van der Waals surface area contributed by atoms with E-state index in [9.17, 15) is 9.59 Å². The number of hydrogen-bond donors (Lipinski definition) is 1. The molecule has 0 bridgehead atoms. The Morgan fingerprint density at radius 3 is 3.04 bits per heavy atom. The van der Waals surface area contributed by atoms with E-state index in [1.807, 2.05) is 24.3 Å². The van der Waals surface area contributed by atoms with Crippen LogP contribution in [0.3, 0.4) is 0 Å². The lowest BCUT2D eigenvalue weighted by Crippen LogP contribution is -2.35. The third-order valence-electron chi connectivity index (χ3n) is 4.22. The summed E-state index contributed by atoms with van der Waals surface area (Å²) in [4.78, 5) is 25.7. The van der Waals surface area contributed by atoms with Gasteiger partial charge in [-0.3, -0.25) is 9.36 Å². The lowest BCUT2D eigenvalue weighted by Gasteiger charge is -2.26. The second-order valence-corrected chi connectivity index (χ2v) is 7.43. The fourth-order valence-corrected chi connectivity index (χ4v) is 4.35. The van der Waals surface area contributed by atoms with E-state index in [1.54, 1.807) is 30.0 Å².